The molecule has 0 aliphatic rings. The minimum atomic E-state index is -5.08. The Morgan fingerprint density at radius 1 is 1.60 bits per heavy atom. The van der Waals surface area contributed by atoms with Gasteiger partial charge < -0.3 is 15.3 Å². The zero-order valence-electron chi connectivity index (χ0n) is 7.49. The number of hydrogen-bond donors (Lipinski definition) is 2. The van der Waals surface area contributed by atoms with Gasteiger partial charge in [0.25, 0.3) is 0 Å². The summed E-state index contributed by atoms with van der Waals surface area (Å²) in [6, 6.07) is 0. The maximum Gasteiger partial charge on any atom is 0.490 e. The number of carbonyl (C=O) groups is 1. The van der Waals surface area contributed by atoms with Crippen LogP contribution >= 0.6 is 0 Å². The van der Waals surface area contributed by atoms with E-state index in [9.17, 15) is 13.2 Å². The molecule has 0 aliphatic heterocycles. The van der Waals surface area contributed by atoms with Gasteiger partial charge in [-0.3, -0.25) is 0 Å². The Bertz CT molecular complexity index is 284. The fourth-order valence-electron chi connectivity index (χ4n) is 0.508. The van der Waals surface area contributed by atoms with Crippen LogP contribution in [0.1, 0.15) is 5.76 Å². The second-order valence-electron chi connectivity index (χ2n) is 2.31. The summed E-state index contributed by atoms with van der Waals surface area (Å²) < 4.78 is 36.6. The second-order valence-corrected chi connectivity index (χ2v) is 2.31. The van der Waals surface area contributed by atoms with Gasteiger partial charge in [-0.2, -0.15) is 13.2 Å². The normalized spacial score (nSPS) is 10.4. The van der Waals surface area contributed by atoms with Gasteiger partial charge in [-0.15, -0.1) is 0 Å². The molecule has 15 heavy (non-hydrogen) atoms. The van der Waals surface area contributed by atoms with E-state index in [2.05, 4.69) is 4.98 Å². The van der Waals surface area contributed by atoms with Gasteiger partial charge in [-0.1, -0.05) is 0 Å². The van der Waals surface area contributed by atoms with Crippen molar-refractivity contribution in [2.75, 3.05) is 6.54 Å². The number of alkyl halides is 3. The lowest BCUT2D eigenvalue weighted by Crippen LogP contribution is -2.21. The van der Waals surface area contributed by atoms with Gasteiger partial charge >= 0.3 is 12.1 Å². The number of halogens is 3. The molecular weight excluding hydrogens is 217 g/mol. The minimum Gasteiger partial charge on any atom is -0.475 e. The lowest BCUT2D eigenvalue weighted by molar-refractivity contribution is -0.192. The predicted octanol–water partition coefficient (Wildman–Crippen LogP) is 0.809. The number of rotatable bonds is 2. The van der Waals surface area contributed by atoms with E-state index in [4.69, 9.17) is 20.1 Å². The summed E-state index contributed by atoms with van der Waals surface area (Å²) in [6.07, 6.45) is -1.22. The number of oxazole rings is 1. The number of carboxylic acid groups (broad SMARTS) is 1. The van der Waals surface area contributed by atoms with Crippen LogP contribution in [0.25, 0.3) is 0 Å². The molecule has 1 aromatic rings. The number of hydrogen-bond acceptors (Lipinski definition) is 4. The van der Waals surface area contributed by atoms with Crippen LogP contribution in [0.2, 0.25) is 0 Å². The van der Waals surface area contributed by atoms with E-state index < -0.39 is 12.1 Å². The molecule has 0 amide bonds. The van der Waals surface area contributed by atoms with Crippen molar-refractivity contribution in [3.63, 3.8) is 0 Å². The molecule has 0 fully saturated rings. The molecule has 0 saturated heterocycles. The largest absolute Gasteiger partial charge is 0.490 e. The molecule has 1 aromatic heterocycles. The molecule has 0 saturated carbocycles. The summed E-state index contributed by atoms with van der Waals surface area (Å²) in [5.74, 6) is -1.90. The smallest absolute Gasteiger partial charge is 0.475 e. The topological polar surface area (TPSA) is 89.4 Å². The highest BCUT2D eigenvalue weighted by atomic mass is 19.4. The summed E-state index contributed by atoms with van der Waals surface area (Å²) >= 11 is 0. The van der Waals surface area contributed by atoms with Crippen LogP contribution in [0.4, 0.5) is 13.2 Å². The standard InChI is InChI=1S/C5H8N2O.C2HF3O2/c6-2-1-5-3-7-4-8-5;3-2(4,5)1(6)7/h3-4H,1-2,6H2;(H,6,7). The SMILES string of the molecule is NCCc1cnco1.O=C(O)C(F)(F)F. The lowest BCUT2D eigenvalue weighted by Gasteiger charge is -1.93. The van der Waals surface area contributed by atoms with Crippen LogP contribution in [-0.2, 0) is 11.2 Å². The average molecular weight is 226 g/mol. The molecule has 0 atom stereocenters. The van der Waals surface area contributed by atoms with E-state index in [1.807, 2.05) is 0 Å². The fourth-order valence-corrected chi connectivity index (χ4v) is 0.508. The summed E-state index contributed by atoms with van der Waals surface area (Å²) in [5, 5.41) is 7.12. The van der Waals surface area contributed by atoms with Crippen LogP contribution in [0, 0.1) is 0 Å². The molecule has 0 aliphatic carbocycles. The maximum absolute atomic E-state index is 10.6. The van der Waals surface area contributed by atoms with Crippen molar-refractivity contribution in [2.45, 2.75) is 12.6 Å². The molecule has 0 unspecified atom stereocenters. The Morgan fingerprint density at radius 3 is 2.40 bits per heavy atom. The first-order valence-corrected chi connectivity index (χ1v) is 3.75. The van der Waals surface area contributed by atoms with E-state index in [-0.39, 0.29) is 0 Å². The van der Waals surface area contributed by atoms with Crippen LogP contribution in [0.5, 0.6) is 0 Å². The van der Waals surface area contributed by atoms with Gasteiger partial charge in [0.05, 0.1) is 6.20 Å². The molecule has 5 nitrogen and oxygen atoms in total. The third kappa shape index (κ3) is 6.49. The zero-order chi connectivity index (χ0) is 11.9. The first-order valence-electron chi connectivity index (χ1n) is 3.75. The van der Waals surface area contributed by atoms with E-state index >= 15 is 0 Å². The number of nitrogens with zero attached hydrogens (tertiary/aromatic N) is 1. The molecule has 3 N–H and O–H groups in total. The summed E-state index contributed by atoms with van der Waals surface area (Å²) in [7, 11) is 0. The molecular formula is C7H9F3N2O3. The van der Waals surface area contributed by atoms with Gasteiger partial charge in [0.15, 0.2) is 6.39 Å². The van der Waals surface area contributed by atoms with Crippen molar-refractivity contribution in [3.8, 4) is 0 Å². The Kier molecular flexibility index (Phi) is 5.39. The van der Waals surface area contributed by atoms with Crippen LogP contribution in [0.3, 0.4) is 0 Å². The molecule has 1 heterocycles. The predicted molar refractivity (Wildman–Crippen MR) is 43.0 cm³/mol. The molecule has 0 radical (unpaired) electrons. The Morgan fingerprint density at radius 2 is 2.13 bits per heavy atom. The van der Waals surface area contributed by atoms with Crippen LogP contribution in [0.15, 0.2) is 17.0 Å². The molecule has 0 bridgehead atoms. The van der Waals surface area contributed by atoms with Crippen molar-refractivity contribution < 1.29 is 27.5 Å². The Hall–Kier alpha value is -1.57. The quantitative estimate of drug-likeness (QED) is 0.778. The maximum atomic E-state index is 10.6. The van der Waals surface area contributed by atoms with Crippen molar-refractivity contribution in [1.82, 2.24) is 4.98 Å². The van der Waals surface area contributed by atoms with E-state index in [0.29, 0.717) is 6.54 Å². The zero-order valence-corrected chi connectivity index (χ0v) is 7.49. The van der Waals surface area contributed by atoms with E-state index in [0.717, 1.165) is 12.2 Å². The van der Waals surface area contributed by atoms with Crippen LogP contribution < -0.4 is 5.73 Å². The monoisotopic (exact) mass is 226 g/mol. The van der Waals surface area contributed by atoms with Crippen LogP contribution in [-0.4, -0.2) is 28.8 Å². The molecule has 0 spiro atoms. The highest BCUT2D eigenvalue weighted by Gasteiger charge is 2.38. The van der Waals surface area contributed by atoms with E-state index in [1.54, 1.807) is 6.20 Å². The lowest BCUT2D eigenvalue weighted by atomic mass is 10.4. The number of aromatic nitrogens is 1. The average Bonchev–Trinajstić information content (AvgIpc) is 2.57. The summed E-state index contributed by atoms with van der Waals surface area (Å²) in [4.78, 5) is 12.6. The number of carboxylic acids is 1. The minimum absolute atomic E-state index is 0.620. The van der Waals surface area contributed by atoms with E-state index in [1.165, 1.54) is 6.39 Å². The second kappa shape index (κ2) is 6.02. The molecule has 8 heteroatoms. The molecule has 0 aromatic carbocycles. The first kappa shape index (κ1) is 13.4. The Labute approximate surface area is 82.7 Å². The van der Waals surface area contributed by atoms with Gasteiger partial charge in [-0.05, 0) is 6.54 Å². The number of aliphatic carboxylic acids is 1. The molecule has 86 valence electrons. The van der Waals surface area contributed by atoms with Crippen molar-refractivity contribution in [2.24, 2.45) is 5.73 Å². The summed E-state index contributed by atoms with van der Waals surface area (Å²) in [6.45, 7) is 0.620. The van der Waals surface area contributed by atoms with Gasteiger partial charge in [0.2, 0.25) is 0 Å². The van der Waals surface area contributed by atoms with Gasteiger partial charge in [0.1, 0.15) is 5.76 Å². The first-order chi connectivity index (χ1) is 6.88. The third-order valence-electron chi connectivity index (χ3n) is 1.12. The Balaban J connectivity index is 0.000000265. The van der Waals surface area contributed by atoms with Gasteiger partial charge in [-0.25, -0.2) is 9.78 Å². The summed E-state index contributed by atoms with van der Waals surface area (Å²) in [5.41, 5.74) is 5.23. The highest BCUT2D eigenvalue weighted by Crippen LogP contribution is 2.13. The van der Waals surface area contributed by atoms with Crippen molar-refractivity contribution in [1.29, 1.82) is 0 Å². The van der Waals surface area contributed by atoms with Crippen molar-refractivity contribution >= 4 is 5.97 Å². The third-order valence-corrected chi connectivity index (χ3v) is 1.12. The fraction of sp³-hybridized carbons (Fsp3) is 0.429. The molecule has 1 rings (SSSR count). The van der Waals surface area contributed by atoms with Crippen molar-refractivity contribution in [3.05, 3.63) is 18.4 Å². The highest BCUT2D eigenvalue weighted by molar-refractivity contribution is 5.73. The van der Waals surface area contributed by atoms with Gasteiger partial charge in [0, 0.05) is 6.42 Å². The number of nitrogens with two attached hydrogens (primary N) is 1.